The Morgan fingerprint density at radius 1 is 1.19 bits per heavy atom. The van der Waals surface area contributed by atoms with Crippen molar-refractivity contribution in [1.82, 2.24) is 14.9 Å². The van der Waals surface area contributed by atoms with Crippen LogP contribution in [0.5, 0.6) is 0 Å². The van der Waals surface area contributed by atoms with Crippen LogP contribution in [-0.2, 0) is 17.8 Å². The normalized spacial score (nSPS) is 10.9. The van der Waals surface area contributed by atoms with E-state index < -0.39 is 0 Å². The minimum Gasteiger partial charge on any atom is -0.352 e. The van der Waals surface area contributed by atoms with E-state index in [0.717, 1.165) is 23.4 Å². The molecule has 0 fully saturated rings. The zero-order valence-corrected chi connectivity index (χ0v) is 15.7. The minimum atomic E-state index is -0.155. The lowest BCUT2D eigenvalue weighted by Gasteiger charge is -2.15. The lowest BCUT2D eigenvalue weighted by Crippen LogP contribution is -2.24. The van der Waals surface area contributed by atoms with Crippen LogP contribution in [0.4, 0.5) is 0 Å². The molecular weight excluding hydrogens is 322 g/mol. The number of nitrogens with one attached hydrogen (secondary N) is 1. The van der Waals surface area contributed by atoms with Gasteiger partial charge in [-0.2, -0.15) is 0 Å². The van der Waals surface area contributed by atoms with Crippen LogP contribution in [0.1, 0.15) is 28.1 Å². The first kappa shape index (κ1) is 17.9. The molecule has 0 bridgehead atoms. The topological polar surface area (TPSA) is 46.9 Å². The molecule has 1 amide bonds. The van der Waals surface area contributed by atoms with Gasteiger partial charge in [0.15, 0.2) is 0 Å². The van der Waals surface area contributed by atoms with Crippen molar-refractivity contribution < 1.29 is 4.79 Å². The highest BCUT2D eigenvalue weighted by molar-refractivity contribution is 5.86. The lowest BCUT2D eigenvalue weighted by atomic mass is 9.99. The molecule has 4 nitrogen and oxygen atoms in total. The number of carbonyl (C=O) groups excluding carboxylic acids is 1. The number of hydrogen-bond acceptors (Lipinski definition) is 2. The predicted molar refractivity (Wildman–Crippen MR) is 106 cm³/mol. The zero-order chi connectivity index (χ0) is 18.7. The smallest absolute Gasteiger partial charge is 0.243 e. The van der Waals surface area contributed by atoms with E-state index in [4.69, 9.17) is 4.98 Å². The van der Waals surface area contributed by atoms with E-state index in [0.29, 0.717) is 13.0 Å². The number of rotatable bonds is 6. The molecule has 3 rings (SSSR count). The third kappa shape index (κ3) is 3.69. The van der Waals surface area contributed by atoms with Gasteiger partial charge in [-0.05, 0) is 55.7 Å². The van der Waals surface area contributed by atoms with Crippen LogP contribution in [0.2, 0.25) is 0 Å². The summed E-state index contributed by atoms with van der Waals surface area (Å²) in [5.41, 5.74) is 7.32. The van der Waals surface area contributed by atoms with Crippen molar-refractivity contribution in [1.29, 1.82) is 0 Å². The van der Waals surface area contributed by atoms with E-state index in [-0.39, 0.29) is 5.91 Å². The summed E-state index contributed by atoms with van der Waals surface area (Å²) in [6.07, 6.45) is 1.97. The van der Waals surface area contributed by atoms with E-state index in [1.807, 2.05) is 18.2 Å². The van der Waals surface area contributed by atoms with E-state index in [1.54, 1.807) is 0 Å². The Bertz CT molecular complexity index is 946. The molecule has 26 heavy (non-hydrogen) atoms. The van der Waals surface area contributed by atoms with E-state index in [9.17, 15) is 4.79 Å². The Balaban J connectivity index is 1.97. The summed E-state index contributed by atoms with van der Waals surface area (Å²) in [4.78, 5) is 16.2. The first-order chi connectivity index (χ1) is 12.5. The SMILES string of the molecule is C=CC(=O)NCCc1nc2ccccc2n1Cc1c(C)cc(C)cc1C. The molecule has 0 radical (unpaired) electrons. The molecule has 1 N–H and O–H groups in total. The molecule has 0 atom stereocenters. The Morgan fingerprint density at radius 3 is 2.58 bits per heavy atom. The number of carbonyl (C=O) groups is 1. The van der Waals surface area contributed by atoms with Crippen molar-refractivity contribution >= 4 is 16.9 Å². The van der Waals surface area contributed by atoms with Gasteiger partial charge < -0.3 is 9.88 Å². The molecule has 0 saturated heterocycles. The molecule has 134 valence electrons. The van der Waals surface area contributed by atoms with Gasteiger partial charge in [-0.25, -0.2) is 4.98 Å². The van der Waals surface area contributed by atoms with E-state index in [1.165, 1.54) is 28.3 Å². The maximum absolute atomic E-state index is 11.4. The van der Waals surface area contributed by atoms with Gasteiger partial charge in [0, 0.05) is 19.5 Å². The van der Waals surface area contributed by atoms with Gasteiger partial charge >= 0.3 is 0 Å². The summed E-state index contributed by atoms with van der Waals surface area (Å²) < 4.78 is 2.26. The van der Waals surface area contributed by atoms with Crippen LogP contribution < -0.4 is 5.32 Å². The van der Waals surface area contributed by atoms with Crippen LogP contribution >= 0.6 is 0 Å². The van der Waals surface area contributed by atoms with Gasteiger partial charge in [0.25, 0.3) is 0 Å². The fraction of sp³-hybridized carbons (Fsp3) is 0.273. The second kappa shape index (κ2) is 7.56. The first-order valence-electron chi connectivity index (χ1n) is 8.90. The molecule has 0 spiro atoms. The van der Waals surface area contributed by atoms with Gasteiger partial charge in [0.1, 0.15) is 5.82 Å². The zero-order valence-electron chi connectivity index (χ0n) is 15.7. The van der Waals surface area contributed by atoms with Crippen molar-refractivity contribution in [2.24, 2.45) is 0 Å². The highest BCUT2D eigenvalue weighted by Crippen LogP contribution is 2.22. The standard InChI is InChI=1S/C22H25N3O/c1-5-22(26)23-11-10-21-24-19-8-6-7-9-20(19)25(21)14-18-16(3)12-15(2)13-17(18)4/h5-9,12-13H,1,10-11,14H2,2-4H3,(H,23,26). The number of aryl methyl sites for hydroxylation is 3. The number of amides is 1. The number of fused-ring (bicyclic) bond motifs is 1. The summed E-state index contributed by atoms with van der Waals surface area (Å²) in [6, 6.07) is 12.6. The molecule has 0 saturated carbocycles. The van der Waals surface area contributed by atoms with Gasteiger partial charge in [-0.15, -0.1) is 0 Å². The molecule has 0 aliphatic carbocycles. The van der Waals surface area contributed by atoms with Gasteiger partial charge in [-0.3, -0.25) is 4.79 Å². The number of imidazole rings is 1. The van der Waals surface area contributed by atoms with Crippen molar-refractivity contribution in [2.75, 3.05) is 6.54 Å². The first-order valence-corrected chi connectivity index (χ1v) is 8.90. The summed E-state index contributed by atoms with van der Waals surface area (Å²) in [5, 5.41) is 2.84. The van der Waals surface area contributed by atoms with E-state index >= 15 is 0 Å². The van der Waals surface area contributed by atoms with Gasteiger partial charge in [0.2, 0.25) is 5.91 Å². The molecule has 1 aromatic heterocycles. The number of hydrogen-bond donors (Lipinski definition) is 1. The number of benzene rings is 2. The Labute approximate surface area is 154 Å². The average Bonchev–Trinajstić information content (AvgIpc) is 2.95. The van der Waals surface area contributed by atoms with Crippen molar-refractivity contribution in [3.8, 4) is 0 Å². The molecule has 0 aliphatic rings. The largest absolute Gasteiger partial charge is 0.352 e. The Morgan fingerprint density at radius 2 is 1.88 bits per heavy atom. The number of para-hydroxylation sites is 2. The Hall–Kier alpha value is -2.88. The van der Waals surface area contributed by atoms with Crippen LogP contribution in [0, 0.1) is 20.8 Å². The fourth-order valence-electron chi connectivity index (χ4n) is 3.48. The molecule has 2 aromatic carbocycles. The summed E-state index contributed by atoms with van der Waals surface area (Å²) >= 11 is 0. The summed E-state index contributed by atoms with van der Waals surface area (Å²) in [5.74, 6) is 0.827. The highest BCUT2D eigenvalue weighted by atomic mass is 16.1. The summed E-state index contributed by atoms with van der Waals surface area (Å²) in [7, 11) is 0. The van der Waals surface area contributed by atoms with Crippen LogP contribution in [0.15, 0.2) is 49.1 Å². The molecule has 0 aliphatic heterocycles. The maximum Gasteiger partial charge on any atom is 0.243 e. The third-order valence-corrected chi connectivity index (χ3v) is 4.72. The summed E-state index contributed by atoms with van der Waals surface area (Å²) in [6.45, 7) is 11.3. The van der Waals surface area contributed by atoms with Crippen LogP contribution in [0.3, 0.4) is 0 Å². The lowest BCUT2D eigenvalue weighted by molar-refractivity contribution is -0.116. The maximum atomic E-state index is 11.4. The molecule has 4 heteroatoms. The molecular formula is C22H25N3O. The molecule has 0 unspecified atom stereocenters. The van der Waals surface area contributed by atoms with Crippen LogP contribution in [-0.4, -0.2) is 22.0 Å². The third-order valence-electron chi connectivity index (χ3n) is 4.72. The molecule has 1 heterocycles. The van der Waals surface area contributed by atoms with Gasteiger partial charge in [-0.1, -0.05) is 36.4 Å². The molecule has 3 aromatic rings. The minimum absolute atomic E-state index is 0.155. The van der Waals surface area contributed by atoms with Crippen molar-refractivity contribution in [3.63, 3.8) is 0 Å². The predicted octanol–water partition coefficient (Wildman–Crippen LogP) is 3.85. The Kier molecular flexibility index (Phi) is 5.21. The van der Waals surface area contributed by atoms with Crippen LogP contribution in [0.25, 0.3) is 11.0 Å². The number of nitrogens with zero attached hydrogens (tertiary/aromatic N) is 2. The monoisotopic (exact) mass is 347 g/mol. The quantitative estimate of drug-likeness (QED) is 0.689. The van der Waals surface area contributed by atoms with Crippen molar-refractivity contribution in [2.45, 2.75) is 33.7 Å². The second-order valence-corrected chi connectivity index (χ2v) is 6.73. The van der Waals surface area contributed by atoms with E-state index in [2.05, 4.69) is 55.4 Å². The number of aromatic nitrogens is 2. The second-order valence-electron chi connectivity index (χ2n) is 6.73. The van der Waals surface area contributed by atoms with Gasteiger partial charge in [0.05, 0.1) is 11.0 Å². The highest BCUT2D eigenvalue weighted by Gasteiger charge is 2.13. The average molecular weight is 347 g/mol. The fourth-order valence-corrected chi connectivity index (χ4v) is 3.48. The van der Waals surface area contributed by atoms with Crippen molar-refractivity contribution in [3.05, 3.63) is 77.1 Å².